The topological polar surface area (TPSA) is 66.8 Å². The summed E-state index contributed by atoms with van der Waals surface area (Å²) >= 11 is 0. The van der Waals surface area contributed by atoms with Crippen LogP contribution in [-0.4, -0.2) is 42.2 Å². The molecular weight excluding hydrogens is 195 g/mol. The lowest BCUT2D eigenvalue weighted by molar-refractivity contribution is -0.141. The SMILES string of the molecule is BC(O)/C=C/[C@@H]1[C@H]2CC(=O)O[C@H]2C[C@H]1O. The summed E-state index contributed by atoms with van der Waals surface area (Å²) < 4.78 is 5.10. The normalized spacial score (nSPS) is 41.9. The van der Waals surface area contributed by atoms with Crippen molar-refractivity contribution in [3.05, 3.63) is 12.2 Å². The van der Waals surface area contributed by atoms with Gasteiger partial charge < -0.3 is 14.9 Å². The highest BCUT2D eigenvalue weighted by Gasteiger charge is 2.48. The molecule has 0 bridgehead atoms. The molecule has 4 nitrogen and oxygen atoms in total. The molecule has 1 aliphatic heterocycles. The van der Waals surface area contributed by atoms with Crippen LogP contribution in [0.4, 0.5) is 0 Å². The van der Waals surface area contributed by atoms with Crippen molar-refractivity contribution in [2.75, 3.05) is 0 Å². The van der Waals surface area contributed by atoms with Gasteiger partial charge in [-0.15, -0.1) is 0 Å². The molecule has 5 heteroatoms. The lowest BCUT2D eigenvalue weighted by Gasteiger charge is -2.14. The number of aliphatic hydroxyl groups excluding tert-OH is 2. The number of carbonyl (C=O) groups is 1. The number of carbonyl (C=O) groups excluding carboxylic acids is 1. The zero-order valence-corrected chi connectivity index (χ0v) is 8.67. The Morgan fingerprint density at radius 1 is 1.60 bits per heavy atom. The quantitative estimate of drug-likeness (QED) is 0.341. The van der Waals surface area contributed by atoms with Gasteiger partial charge in [-0.3, -0.25) is 4.79 Å². The standard InChI is InChI=1S/C10H15BO4/c11-9(13)2-1-5-6-3-10(14)15-8(6)4-7(5)12/h1-2,5-9,12-13H,3-4,11H2/b2-1+/t5-,6-,7-,8+,9?/m1/s1. The van der Waals surface area contributed by atoms with Gasteiger partial charge in [0, 0.05) is 24.3 Å². The first-order chi connectivity index (χ1) is 7.08. The summed E-state index contributed by atoms with van der Waals surface area (Å²) in [4.78, 5) is 11.1. The van der Waals surface area contributed by atoms with Crippen molar-refractivity contribution < 1.29 is 19.7 Å². The first kappa shape index (κ1) is 10.7. The molecule has 0 radical (unpaired) electrons. The van der Waals surface area contributed by atoms with Gasteiger partial charge in [0.2, 0.25) is 0 Å². The Morgan fingerprint density at radius 2 is 2.33 bits per heavy atom. The first-order valence-corrected chi connectivity index (χ1v) is 5.32. The molecule has 1 saturated carbocycles. The molecule has 1 heterocycles. The highest BCUT2D eigenvalue weighted by Crippen LogP contribution is 2.41. The number of aliphatic hydroxyl groups is 2. The van der Waals surface area contributed by atoms with Gasteiger partial charge in [-0.25, -0.2) is 0 Å². The van der Waals surface area contributed by atoms with E-state index in [4.69, 9.17) is 9.84 Å². The predicted octanol–water partition coefficient (Wildman–Crippen LogP) is -1.19. The van der Waals surface area contributed by atoms with Gasteiger partial charge in [0.15, 0.2) is 0 Å². The van der Waals surface area contributed by atoms with Crippen molar-refractivity contribution >= 4 is 13.8 Å². The molecule has 2 fully saturated rings. The highest BCUT2D eigenvalue weighted by atomic mass is 16.6. The Bertz CT molecular complexity index is 289. The van der Waals surface area contributed by atoms with Crippen molar-refractivity contribution in [3.8, 4) is 0 Å². The second-order valence-corrected chi connectivity index (χ2v) is 4.40. The molecule has 2 rings (SSSR count). The number of hydrogen-bond donors (Lipinski definition) is 2. The molecule has 82 valence electrons. The van der Waals surface area contributed by atoms with Crippen molar-refractivity contribution in [3.63, 3.8) is 0 Å². The van der Waals surface area contributed by atoms with E-state index in [1.54, 1.807) is 13.9 Å². The van der Waals surface area contributed by atoms with E-state index in [-0.39, 0.29) is 23.9 Å². The van der Waals surface area contributed by atoms with Gasteiger partial charge in [-0.05, 0) is 0 Å². The first-order valence-electron chi connectivity index (χ1n) is 5.32. The van der Waals surface area contributed by atoms with Gasteiger partial charge in [-0.2, -0.15) is 0 Å². The monoisotopic (exact) mass is 210 g/mol. The molecule has 0 aromatic rings. The van der Waals surface area contributed by atoms with Crippen molar-refractivity contribution in [1.82, 2.24) is 0 Å². The van der Waals surface area contributed by atoms with Crippen LogP contribution < -0.4 is 0 Å². The van der Waals surface area contributed by atoms with E-state index < -0.39 is 12.1 Å². The lowest BCUT2D eigenvalue weighted by atomic mass is 9.90. The molecule has 0 amide bonds. The third-order valence-corrected chi connectivity index (χ3v) is 3.19. The van der Waals surface area contributed by atoms with Crippen LogP contribution in [0.3, 0.4) is 0 Å². The average Bonchev–Trinajstić information content (AvgIpc) is 2.57. The number of ether oxygens (including phenoxy) is 1. The minimum absolute atomic E-state index is 0.0592. The van der Waals surface area contributed by atoms with Gasteiger partial charge in [-0.1, -0.05) is 12.2 Å². The molecule has 15 heavy (non-hydrogen) atoms. The van der Waals surface area contributed by atoms with E-state index >= 15 is 0 Å². The molecule has 1 unspecified atom stereocenters. The molecule has 1 saturated heterocycles. The summed E-state index contributed by atoms with van der Waals surface area (Å²) in [5.41, 5.74) is 0. The van der Waals surface area contributed by atoms with Crippen molar-refractivity contribution in [1.29, 1.82) is 0 Å². The fourth-order valence-corrected chi connectivity index (χ4v) is 2.48. The van der Waals surface area contributed by atoms with Gasteiger partial charge in [0.05, 0.1) is 12.5 Å². The third-order valence-electron chi connectivity index (χ3n) is 3.19. The number of rotatable bonds is 2. The molecule has 1 aliphatic carbocycles. The Morgan fingerprint density at radius 3 is 3.00 bits per heavy atom. The van der Waals surface area contributed by atoms with E-state index in [2.05, 4.69) is 0 Å². The number of fused-ring (bicyclic) bond motifs is 1. The van der Waals surface area contributed by atoms with Crippen molar-refractivity contribution in [2.24, 2.45) is 11.8 Å². The predicted molar refractivity (Wildman–Crippen MR) is 55.8 cm³/mol. The largest absolute Gasteiger partial charge is 0.462 e. The van der Waals surface area contributed by atoms with E-state index in [1.807, 2.05) is 6.08 Å². The Balaban J connectivity index is 2.07. The van der Waals surface area contributed by atoms with E-state index in [9.17, 15) is 9.90 Å². The zero-order valence-electron chi connectivity index (χ0n) is 8.67. The highest BCUT2D eigenvalue weighted by molar-refractivity contribution is 6.12. The number of hydrogen-bond acceptors (Lipinski definition) is 4. The fourth-order valence-electron chi connectivity index (χ4n) is 2.48. The minimum Gasteiger partial charge on any atom is -0.462 e. The average molecular weight is 210 g/mol. The summed E-state index contributed by atoms with van der Waals surface area (Å²) in [6.45, 7) is 0. The van der Waals surface area contributed by atoms with Crippen LogP contribution in [0.15, 0.2) is 12.2 Å². The number of esters is 1. The molecule has 0 aromatic carbocycles. The molecule has 0 aromatic heterocycles. The third kappa shape index (κ3) is 2.08. The van der Waals surface area contributed by atoms with Crippen LogP contribution in [0.1, 0.15) is 12.8 Å². The van der Waals surface area contributed by atoms with Gasteiger partial charge in [0.1, 0.15) is 14.0 Å². The van der Waals surface area contributed by atoms with Gasteiger partial charge >= 0.3 is 5.97 Å². The van der Waals surface area contributed by atoms with Crippen LogP contribution in [0.5, 0.6) is 0 Å². The van der Waals surface area contributed by atoms with Crippen molar-refractivity contribution in [2.45, 2.75) is 31.1 Å². The summed E-state index contributed by atoms with van der Waals surface area (Å²) in [6.07, 6.45) is 3.78. The maximum Gasteiger partial charge on any atom is 0.306 e. The summed E-state index contributed by atoms with van der Waals surface area (Å²) in [5.74, 6) is -0.147. The van der Waals surface area contributed by atoms with Gasteiger partial charge in [0.25, 0.3) is 0 Å². The molecule has 2 aliphatic rings. The Labute approximate surface area is 89.3 Å². The van der Waals surface area contributed by atoms with Crippen LogP contribution in [-0.2, 0) is 9.53 Å². The maximum absolute atomic E-state index is 11.1. The van der Waals surface area contributed by atoms with E-state index in [0.29, 0.717) is 12.8 Å². The minimum atomic E-state index is -0.519. The smallest absolute Gasteiger partial charge is 0.306 e. The van der Waals surface area contributed by atoms with Crippen LogP contribution >= 0.6 is 0 Å². The molecule has 0 spiro atoms. The van der Waals surface area contributed by atoms with Crippen LogP contribution in [0, 0.1) is 11.8 Å². The van der Waals surface area contributed by atoms with Crippen LogP contribution in [0.25, 0.3) is 0 Å². The molecule has 5 atom stereocenters. The van der Waals surface area contributed by atoms with E-state index in [1.165, 1.54) is 0 Å². The summed E-state index contributed by atoms with van der Waals surface area (Å²) in [7, 11) is 1.66. The molecular formula is C10H15BO4. The Kier molecular flexibility index (Phi) is 2.84. The summed E-state index contributed by atoms with van der Waals surface area (Å²) in [5, 5.41) is 18.9. The van der Waals surface area contributed by atoms with E-state index in [0.717, 1.165) is 0 Å². The zero-order chi connectivity index (χ0) is 11.0. The fraction of sp³-hybridized carbons (Fsp3) is 0.700. The maximum atomic E-state index is 11.1. The van der Waals surface area contributed by atoms with Crippen LogP contribution in [0.2, 0.25) is 0 Å². The lowest BCUT2D eigenvalue weighted by Crippen LogP contribution is -2.18. The molecule has 2 N–H and O–H groups in total. The second-order valence-electron chi connectivity index (χ2n) is 4.40. The summed E-state index contributed by atoms with van der Waals surface area (Å²) in [6, 6.07) is -0.519. The second kappa shape index (κ2) is 3.98. The Hall–Kier alpha value is -0.805.